The fraction of sp³-hybridized carbons (Fsp3) is 0.579. The molecule has 0 spiro atoms. The molecule has 2 rings (SSSR count). The number of para-hydroxylation sites is 1. The van der Waals surface area contributed by atoms with Gasteiger partial charge in [-0.15, -0.1) is 0 Å². The highest BCUT2D eigenvalue weighted by molar-refractivity contribution is 5.86. The van der Waals surface area contributed by atoms with E-state index in [1.54, 1.807) is 0 Å². The Bertz CT molecular complexity index is 672. The molecule has 144 valence electrons. The van der Waals surface area contributed by atoms with Crippen LogP contribution in [-0.2, 0) is 22.3 Å². The predicted molar refractivity (Wildman–Crippen MR) is 90.2 cm³/mol. The number of hydrogen-bond acceptors (Lipinski definition) is 3. The van der Waals surface area contributed by atoms with Crippen LogP contribution in [0.1, 0.15) is 50.7 Å². The molecule has 4 nitrogen and oxygen atoms in total. The van der Waals surface area contributed by atoms with Crippen LogP contribution in [-0.4, -0.2) is 16.8 Å². The molecule has 1 aliphatic carbocycles. The van der Waals surface area contributed by atoms with E-state index in [9.17, 15) is 27.9 Å². The van der Waals surface area contributed by atoms with E-state index in [-0.39, 0.29) is 41.6 Å². The minimum absolute atomic E-state index is 0.0125. The lowest BCUT2D eigenvalue weighted by Crippen LogP contribution is -2.38. The Labute approximate surface area is 150 Å². The van der Waals surface area contributed by atoms with Crippen molar-refractivity contribution in [2.75, 3.05) is 0 Å². The number of nitrogens with one attached hydrogen (secondary N) is 1. The number of alkyl halides is 3. The van der Waals surface area contributed by atoms with E-state index in [1.807, 2.05) is 13.8 Å². The molecule has 0 saturated heterocycles. The zero-order valence-corrected chi connectivity index (χ0v) is 14.9. The summed E-state index contributed by atoms with van der Waals surface area (Å²) < 4.78 is 38.5. The topological polar surface area (TPSA) is 66.4 Å². The lowest BCUT2D eigenvalue weighted by molar-refractivity contribution is -0.138. The summed E-state index contributed by atoms with van der Waals surface area (Å²) >= 11 is 0. The van der Waals surface area contributed by atoms with Gasteiger partial charge in [-0.05, 0) is 24.8 Å². The van der Waals surface area contributed by atoms with Crippen molar-refractivity contribution >= 4 is 11.7 Å². The molecule has 1 saturated carbocycles. The van der Waals surface area contributed by atoms with E-state index >= 15 is 0 Å². The molecule has 1 aliphatic rings. The van der Waals surface area contributed by atoms with E-state index in [2.05, 4.69) is 5.32 Å². The minimum atomic E-state index is -4.66. The number of ketones is 1. The number of Topliss-reactive ketones (excluding diaryl/α,β-unsaturated/α-hetero) is 1. The van der Waals surface area contributed by atoms with Crippen LogP contribution in [0.25, 0.3) is 0 Å². The average Bonchev–Trinajstić information content (AvgIpc) is 2.59. The van der Waals surface area contributed by atoms with Gasteiger partial charge in [0.25, 0.3) is 0 Å². The highest BCUT2D eigenvalue weighted by Gasteiger charge is 2.36. The summed E-state index contributed by atoms with van der Waals surface area (Å²) in [6.07, 6.45) is -2.54. The molecule has 0 bridgehead atoms. The number of phenolic OH excluding ortho intramolecular Hbond substituents is 1. The number of rotatable bonds is 5. The number of halogens is 3. The van der Waals surface area contributed by atoms with Gasteiger partial charge in [-0.2, -0.15) is 13.2 Å². The Morgan fingerprint density at radius 1 is 1.38 bits per heavy atom. The van der Waals surface area contributed by atoms with E-state index in [4.69, 9.17) is 0 Å². The van der Waals surface area contributed by atoms with Crippen molar-refractivity contribution in [3.8, 4) is 5.75 Å². The first-order valence-electron chi connectivity index (χ1n) is 8.83. The van der Waals surface area contributed by atoms with Gasteiger partial charge in [0.1, 0.15) is 11.5 Å². The fourth-order valence-electron chi connectivity index (χ4n) is 3.42. The minimum Gasteiger partial charge on any atom is -0.507 e. The summed E-state index contributed by atoms with van der Waals surface area (Å²) in [6, 6.07) is 3.34. The maximum Gasteiger partial charge on any atom is 0.419 e. The Kier molecular flexibility index (Phi) is 6.31. The largest absolute Gasteiger partial charge is 0.507 e. The van der Waals surface area contributed by atoms with E-state index in [0.717, 1.165) is 12.5 Å². The van der Waals surface area contributed by atoms with Gasteiger partial charge in [0.2, 0.25) is 5.91 Å². The molecule has 0 aliphatic heterocycles. The van der Waals surface area contributed by atoms with Crippen molar-refractivity contribution in [3.05, 3.63) is 29.3 Å². The molecular formula is C19H24F3NO3. The standard InChI is InChI=1S/C19H24F3NO3/c1-3-11(2)14-9-12(7-8-16(14)24)18(26)23-10-13-5-4-6-15(17(13)25)19(20,21)22/h4-6,11-12,14,25H,3,7-10H2,1-2H3,(H,23,26). The molecular weight excluding hydrogens is 347 g/mol. The Morgan fingerprint density at radius 2 is 2.08 bits per heavy atom. The van der Waals surface area contributed by atoms with Gasteiger partial charge < -0.3 is 10.4 Å². The molecule has 3 atom stereocenters. The lowest BCUT2D eigenvalue weighted by Gasteiger charge is -2.30. The van der Waals surface area contributed by atoms with E-state index in [0.29, 0.717) is 19.3 Å². The van der Waals surface area contributed by atoms with Crippen LogP contribution >= 0.6 is 0 Å². The van der Waals surface area contributed by atoms with Gasteiger partial charge >= 0.3 is 6.18 Å². The van der Waals surface area contributed by atoms with Crippen molar-refractivity contribution < 1.29 is 27.9 Å². The lowest BCUT2D eigenvalue weighted by atomic mass is 9.74. The van der Waals surface area contributed by atoms with Crippen molar-refractivity contribution in [2.45, 2.75) is 52.3 Å². The fourth-order valence-corrected chi connectivity index (χ4v) is 3.42. The van der Waals surface area contributed by atoms with Crippen molar-refractivity contribution in [2.24, 2.45) is 17.8 Å². The van der Waals surface area contributed by atoms with Gasteiger partial charge in [0, 0.05) is 30.4 Å². The normalized spacial score (nSPS) is 22.1. The third kappa shape index (κ3) is 4.56. The van der Waals surface area contributed by atoms with Crippen LogP contribution in [0.15, 0.2) is 18.2 Å². The van der Waals surface area contributed by atoms with Gasteiger partial charge in [-0.1, -0.05) is 32.4 Å². The molecule has 1 aromatic carbocycles. The first-order valence-corrected chi connectivity index (χ1v) is 8.83. The van der Waals surface area contributed by atoms with Crippen LogP contribution in [0, 0.1) is 17.8 Å². The second-order valence-electron chi connectivity index (χ2n) is 6.96. The number of carbonyl (C=O) groups excluding carboxylic acids is 2. The summed E-state index contributed by atoms with van der Waals surface area (Å²) in [4.78, 5) is 24.4. The van der Waals surface area contributed by atoms with Crippen LogP contribution in [0.4, 0.5) is 13.2 Å². The summed E-state index contributed by atoms with van der Waals surface area (Å²) in [6.45, 7) is 3.80. The number of aromatic hydroxyl groups is 1. The van der Waals surface area contributed by atoms with Crippen LogP contribution < -0.4 is 5.32 Å². The number of amides is 1. The molecule has 3 unspecified atom stereocenters. The maximum atomic E-state index is 12.8. The zero-order valence-electron chi connectivity index (χ0n) is 14.9. The van der Waals surface area contributed by atoms with Gasteiger partial charge in [-0.3, -0.25) is 9.59 Å². The van der Waals surface area contributed by atoms with Crippen LogP contribution in [0.5, 0.6) is 5.75 Å². The average molecular weight is 371 g/mol. The highest BCUT2D eigenvalue weighted by atomic mass is 19.4. The highest BCUT2D eigenvalue weighted by Crippen LogP contribution is 2.37. The molecule has 0 aromatic heterocycles. The van der Waals surface area contributed by atoms with Crippen molar-refractivity contribution in [3.63, 3.8) is 0 Å². The molecule has 1 aromatic rings. The first kappa shape index (κ1) is 20.3. The summed E-state index contributed by atoms with van der Waals surface area (Å²) in [7, 11) is 0. The summed E-state index contributed by atoms with van der Waals surface area (Å²) in [5, 5.41) is 12.4. The van der Waals surface area contributed by atoms with Gasteiger partial charge in [0.05, 0.1) is 5.56 Å². The monoisotopic (exact) mass is 371 g/mol. The molecule has 1 amide bonds. The quantitative estimate of drug-likeness (QED) is 0.820. The summed E-state index contributed by atoms with van der Waals surface area (Å²) in [5.74, 6) is -1.25. The number of hydrogen-bond donors (Lipinski definition) is 2. The van der Waals surface area contributed by atoms with E-state index in [1.165, 1.54) is 12.1 Å². The first-order chi connectivity index (χ1) is 12.1. The van der Waals surface area contributed by atoms with Crippen molar-refractivity contribution in [1.82, 2.24) is 5.32 Å². The summed E-state index contributed by atoms with van der Waals surface area (Å²) in [5.41, 5.74) is -1.11. The molecule has 2 N–H and O–H groups in total. The third-order valence-electron chi connectivity index (χ3n) is 5.27. The zero-order chi connectivity index (χ0) is 19.5. The Hall–Kier alpha value is -2.05. The Balaban J connectivity index is 2.02. The molecule has 0 radical (unpaired) electrons. The number of benzene rings is 1. The molecule has 1 fully saturated rings. The smallest absolute Gasteiger partial charge is 0.419 e. The Morgan fingerprint density at radius 3 is 2.69 bits per heavy atom. The maximum absolute atomic E-state index is 12.8. The van der Waals surface area contributed by atoms with E-state index < -0.39 is 17.5 Å². The SMILES string of the molecule is CCC(C)C1CC(C(=O)NCc2cccc(C(F)(F)F)c2O)CCC1=O. The van der Waals surface area contributed by atoms with Gasteiger partial charge in [0.15, 0.2) is 0 Å². The number of phenols is 1. The predicted octanol–water partition coefficient (Wildman–Crippen LogP) is 4.06. The molecule has 26 heavy (non-hydrogen) atoms. The van der Waals surface area contributed by atoms with Crippen LogP contribution in [0.2, 0.25) is 0 Å². The third-order valence-corrected chi connectivity index (χ3v) is 5.27. The van der Waals surface area contributed by atoms with Gasteiger partial charge in [-0.25, -0.2) is 0 Å². The number of carbonyl (C=O) groups is 2. The van der Waals surface area contributed by atoms with Crippen LogP contribution in [0.3, 0.4) is 0 Å². The molecule has 0 heterocycles. The van der Waals surface area contributed by atoms with Crippen molar-refractivity contribution in [1.29, 1.82) is 0 Å². The second-order valence-corrected chi connectivity index (χ2v) is 6.96. The second kappa shape index (κ2) is 8.10. The molecule has 7 heteroatoms.